The second-order valence-electron chi connectivity index (χ2n) is 5.27. The summed E-state index contributed by atoms with van der Waals surface area (Å²) >= 11 is 0. The van der Waals surface area contributed by atoms with Crippen molar-refractivity contribution >= 4 is 21.7 Å². The Labute approximate surface area is 130 Å². The van der Waals surface area contributed by atoms with Crippen LogP contribution in [-0.4, -0.2) is 4.98 Å². The first-order chi connectivity index (χ1) is 11.1. The molecule has 1 nitrogen and oxygen atoms in total. The summed E-state index contributed by atoms with van der Waals surface area (Å²) in [5.41, 5.74) is 0.493. The van der Waals surface area contributed by atoms with E-state index in [1.165, 1.54) is 0 Å². The molecule has 0 atom stereocenters. The summed E-state index contributed by atoms with van der Waals surface area (Å²) in [4.78, 5) is 4.42. The van der Waals surface area contributed by atoms with E-state index in [0.29, 0.717) is 23.0 Å². The average molecular weight is 309 g/mol. The molecule has 0 aliphatic rings. The fourth-order valence-corrected chi connectivity index (χ4v) is 2.86. The lowest BCUT2D eigenvalue weighted by Gasteiger charge is -2.11. The summed E-state index contributed by atoms with van der Waals surface area (Å²) in [5, 5.41) is 2.36. The van der Waals surface area contributed by atoms with E-state index in [1.807, 2.05) is 30.3 Å². The molecule has 0 N–H and O–H groups in total. The van der Waals surface area contributed by atoms with Gasteiger partial charge in [0.2, 0.25) is 0 Å². The summed E-state index contributed by atoms with van der Waals surface area (Å²) in [6, 6.07) is 16.0. The van der Waals surface area contributed by atoms with Crippen LogP contribution in [0.4, 0.5) is 13.2 Å². The highest BCUT2D eigenvalue weighted by Crippen LogP contribution is 2.34. The normalized spacial score (nSPS) is 11.3. The number of hydrogen-bond acceptors (Lipinski definition) is 1. The minimum Gasteiger partial charge on any atom is -0.247 e. The van der Waals surface area contributed by atoms with Gasteiger partial charge in [-0.1, -0.05) is 42.5 Å². The van der Waals surface area contributed by atoms with Gasteiger partial charge in [-0.25, -0.2) is 18.2 Å². The van der Waals surface area contributed by atoms with Gasteiger partial charge in [-0.2, -0.15) is 0 Å². The van der Waals surface area contributed by atoms with Gasteiger partial charge in [0.15, 0.2) is 0 Å². The third-order valence-corrected chi connectivity index (χ3v) is 3.85. The van der Waals surface area contributed by atoms with Crippen molar-refractivity contribution in [2.45, 2.75) is 0 Å². The molecule has 0 aliphatic carbocycles. The van der Waals surface area contributed by atoms with Gasteiger partial charge in [0.1, 0.15) is 17.5 Å². The summed E-state index contributed by atoms with van der Waals surface area (Å²) in [6.45, 7) is 0. The molecule has 0 bridgehead atoms. The molecule has 4 aromatic rings. The number of nitrogens with zero attached hydrogens (tertiary/aromatic N) is 1. The fourth-order valence-electron chi connectivity index (χ4n) is 2.86. The predicted molar refractivity (Wildman–Crippen MR) is 84.6 cm³/mol. The molecule has 3 aromatic carbocycles. The first-order valence-electron chi connectivity index (χ1n) is 7.07. The molecule has 0 spiro atoms. The molecular formula is C19H10F3N. The minimum absolute atomic E-state index is 0.175. The van der Waals surface area contributed by atoms with Gasteiger partial charge in [-0.15, -0.1) is 0 Å². The number of para-hydroxylation sites is 1. The Morgan fingerprint density at radius 2 is 1.22 bits per heavy atom. The topological polar surface area (TPSA) is 12.9 Å². The van der Waals surface area contributed by atoms with E-state index in [4.69, 9.17) is 0 Å². The van der Waals surface area contributed by atoms with Gasteiger partial charge >= 0.3 is 0 Å². The molecule has 1 heterocycles. The molecule has 4 heteroatoms. The Bertz CT molecular complexity index is 1030. The number of fused-ring (bicyclic) bond motifs is 3. The first kappa shape index (κ1) is 13.8. The number of benzene rings is 3. The third kappa shape index (κ3) is 2.14. The Kier molecular flexibility index (Phi) is 3.05. The van der Waals surface area contributed by atoms with Crippen molar-refractivity contribution in [1.29, 1.82) is 0 Å². The molecule has 23 heavy (non-hydrogen) atoms. The zero-order valence-corrected chi connectivity index (χ0v) is 11.9. The minimum atomic E-state index is -0.963. The summed E-state index contributed by atoms with van der Waals surface area (Å²) in [6.07, 6.45) is 0. The van der Waals surface area contributed by atoms with Crippen molar-refractivity contribution in [2.75, 3.05) is 0 Å². The molecule has 1 aromatic heterocycles. The largest absolute Gasteiger partial charge is 0.247 e. The molecule has 0 unspecified atom stereocenters. The maximum Gasteiger partial charge on any atom is 0.138 e. The lowest BCUT2D eigenvalue weighted by Crippen LogP contribution is -1.96. The lowest BCUT2D eigenvalue weighted by atomic mass is 9.99. The monoisotopic (exact) mass is 309 g/mol. The highest BCUT2D eigenvalue weighted by molar-refractivity contribution is 6.10. The third-order valence-electron chi connectivity index (χ3n) is 3.85. The van der Waals surface area contributed by atoms with Crippen molar-refractivity contribution in [1.82, 2.24) is 4.98 Å². The van der Waals surface area contributed by atoms with Crippen LogP contribution < -0.4 is 0 Å². The van der Waals surface area contributed by atoms with Crippen LogP contribution in [0.3, 0.4) is 0 Å². The predicted octanol–water partition coefficient (Wildman–Crippen LogP) is 5.47. The van der Waals surface area contributed by atoms with Crippen LogP contribution in [0, 0.1) is 17.5 Å². The number of hydrogen-bond donors (Lipinski definition) is 0. The van der Waals surface area contributed by atoms with Gasteiger partial charge in [0.05, 0.1) is 16.8 Å². The molecule has 112 valence electrons. The van der Waals surface area contributed by atoms with Crippen LogP contribution in [0.2, 0.25) is 0 Å². The highest BCUT2D eigenvalue weighted by atomic mass is 19.1. The van der Waals surface area contributed by atoms with Gasteiger partial charge in [0.25, 0.3) is 0 Å². The van der Waals surface area contributed by atoms with E-state index < -0.39 is 17.5 Å². The molecular weight excluding hydrogens is 299 g/mol. The van der Waals surface area contributed by atoms with Crippen LogP contribution >= 0.6 is 0 Å². The van der Waals surface area contributed by atoms with E-state index >= 15 is 0 Å². The van der Waals surface area contributed by atoms with Crippen LogP contribution in [-0.2, 0) is 0 Å². The standard InChI is InChI=1S/C19H10F3N/c20-11-9-15(21)18(16(22)10-11)19-14-7-2-1-5-12(14)13-6-3-4-8-17(13)23-19/h1-10H. The second-order valence-corrected chi connectivity index (χ2v) is 5.27. The van der Waals surface area contributed by atoms with E-state index in [2.05, 4.69) is 4.98 Å². The highest BCUT2D eigenvalue weighted by Gasteiger charge is 2.18. The van der Waals surface area contributed by atoms with E-state index in [-0.39, 0.29) is 11.3 Å². The van der Waals surface area contributed by atoms with Crippen molar-refractivity contribution in [2.24, 2.45) is 0 Å². The molecule has 0 saturated carbocycles. The number of pyridine rings is 1. The zero-order chi connectivity index (χ0) is 16.0. The number of halogens is 3. The van der Waals surface area contributed by atoms with E-state index in [9.17, 15) is 13.2 Å². The second kappa shape index (κ2) is 5.09. The Hall–Kier alpha value is -2.88. The molecule has 0 saturated heterocycles. The summed E-state index contributed by atoms with van der Waals surface area (Å²) in [5.74, 6) is -2.88. The van der Waals surface area contributed by atoms with Crippen LogP contribution in [0.5, 0.6) is 0 Å². The zero-order valence-electron chi connectivity index (χ0n) is 11.9. The SMILES string of the molecule is Fc1cc(F)c(-c2nc3ccccc3c3ccccc23)c(F)c1. The van der Waals surface area contributed by atoms with Crippen LogP contribution in [0.25, 0.3) is 32.9 Å². The average Bonchev–Trinajstić information content (AvgIpc) is 2.54. The number of aromatic nitrogens is 1. The van der Waals surface area contributed by atoms with Crippen molar-refractivity contribution in [3.05, 3.63) is 78.1 Å². The lowest BCUT2D eigenvalue weighted by molar-refractivity contribution is 0.547. The van der Waals surface area contributed by atoms with Gasteiger partial charge in [-0.05, 0) is 11.5 Å². The van der Waals surface area contributed by atoms with Gasteiger partial charge in [0, 0.05) is 22.9 Å². The van der Waals surface area contributed by atoms with E-state index in [0.717, 1.165) is 10.8 Å². The van der Waals surface area contributed by atoms with E-state index in [1.54, 1.807) is 18.2 Å². The quantitative estimate of drug-likeness (QED) is 0.425. The van der Waals surface area contributed by atoms with Crippen LogP contribution in [0.15, 0.2) is 60.7 Å². The van der Waals surface area contributed by atoms with Crippen molar-refractivity contribution in [3.63, 3.8) is 0 Å². The smallest absolute Gasteiger partial charge is 0.138 e. The maximum absolute atomic E-state index is 14.2. The Balaban J connectivity index is 2.19. The van der Waals surface area contributed by atoms with Crippen molar-refractivity contribution in [3.8, 4) is 11.3 Å². The van der Waals surface area contributed by atoms with Gasteiger partial charge < -0.3 is 0 Å². The molecule has 0 radical (unpaired) electrons. The van der Waals surface area contributed by atoms with Gasteiger partial charge in [-0.3, -0.25) is 0 Å². The fraction of sp³-hybridized carbons (Fsp3) is 0. The maximum atomic E-state index is 14.2. The molecule has 0 fully saturated rings. The number of rotatable bonds is 1. The summed E-state index contributed by atoms with van der Waals surface area (Å²) < 4.78 is 41.6. The molecule has 0 amide bonds. The van der Waals surface area contributed by atoms with Crippen molar-refractivity contribution < 1.29 is 13.2 Å². The van der Waals surface area contributed by atoms with Crippen LogP contribution in [0.1, 0.15) is 0 Å². The molecule has 0 aliphatic heterocycles. The summed E-state index contributed by atoms with van der Waals surface area (Å²) in [7, 11) is 0. The Morgan fingerprint density at radius 3 is 1.91 bits per heavy atom. The Morgan fingerprint density at radius 1 is 0.652 bits per heavy atom. The molecule has 4 rings (SSSR count). The first-order valence-corrected chi connectivity index (χ1v) is 7.07.